The summed E-state index contributed by atoms with van der Waals surface area (Å²) in [5, 5.41) is 0.808. The van der Waals surface area contributed by atoms with Gasteiger partial charge in [-0.15, -0.1) is 0 Å². The molecule has 0 spiro atoms. The van der Waals surface area contributed by atoms with Crippen LogP contribution in [0.25, 0.3) is 16.4 Å². The number of para-hydroxylation sites is 1. The number of H-pyrrole nitrogens is 1. The molecule has 0 aliphatic rings. The Morgan fingerprint density at radius 2 is 2.11 bits per heavy atom. The van der Waals surface area contributed by atoms with E-state index in [0.717, 1.165) is 10.9 Å². The fourth-order valence-corrected chi connectivity index (χ4v) is 2.13. The lowest BCUT2D eigenvalue weighted by Gasteiger charge is -2.06. The van der Waals surface area contributed by atoms with E-state index in [1.54, 1.807) is 24.4 Å². The first-order valence-corrected chi connectivity index (χ1v) is 5.43. The van der Waals surface area contributed by atoms with Gasteiger partial charge in [-0.1, -0.05) is 12.1 Å². The SMILES string of the molecule is COC(=O)c1cccc2c1[nH]c(=O)n1cccc21. The molecular formula is C13H10N2O3. The Balaban J connectivity index is 2.52. The quantitative estimate of drug-likeness (QED) is 0.659. The average Bonchev–Trinajstić information content (AvgIpc) is 2.87. The average molecular weight is 242 g/mol. The minimum Gasteiger partial charge on any atom is -0.465 e. The largest absolute Gasteiger partial charge is 0.465 e. The van der Waals surface area contributed by atoms with Gasteiger partial charge in [0.25, 0.3) is 0 Å². The number of nitrogens with one attached hydrogen (secondary N) is 1. The molecule has 0 bridgehead atoms. The number of hydrogen-bond acceptors (Lipinski definition) is 3. The van der Waals surface area contributed by atoms with Gasteiger partial charge in [0.15, 0.2) is 0 Å². The standard InChI is InChI=1S/C13H10N2O3/c1-18-12(16)9-5-2-4-8-10-6-3-7-15(10)13(17)14-11(8)9/h2-7H,1H3,(H,14,17). The Kier molecular flexibility index (Phi) is 2.19. The van der Waals surface area contributed by atoms with Crippen LogP contribution in [0.2, 0.25) is 0 Å². The summed E-state index contributed by atoms with van der Waals surface area (Å²) in [5.74, 6) is -0.466. The van der Waals surface area contributed by atoms with E-state index in [1.165, 1.54) is 11.5 Å². The van der Waals surface area contributed by atoms with Crippen LogP contribution in [0.5, 0.6) is 0 Å². The Morgan fingerprint density at radius 1 is 1.28 bits per heavy atom. The van der Waals surface area contributed by atoms with Gasteiger partial charge in [0.05, 0.1) is 23.7 Å². The van der Waals surface area contributed by atoms with E-state index < -0.39 is 5.97 Å². The van der Waals surface area contributed by atoms with Crippen LogP contribution < -0.4 is 5.69 Å². The Labute approximate surface area is 102 Å². The van der Waals surface area contributed by atoms with Gasteiger partial charge in [0.1, 0.15) is 0 Å². The minimum absolute atomic E-state index is 0.279. The number of aromatic nitrogens is 2. The maximum absolute atomic E-state index is 11.9. The molecule has 0 radical (unpaired) electrons. The van der Waals surface area contributed by atoms with E-state index in [-0.39, 0.29) is 5.69 Å². The number of hydrogen-bond donors (Lipinski definition) is 1. The molecule has 3 rings (SSSR count). The van der Waals surface area contributed by atoms with Crippen molar-refractivity contribution in [3.05, 3.63) is 52.6 Å². The highest BCUT2D eigenvalue weighted by Crippen LogP contribution is 2.20. The van der Waals surface area contributed by atoms with Crippen LogP contribution in [0.3, 0.4) is 0 Å². The highest BCUT2D eigenvalue weighted by atomic mass is 16.5. The third-order valence-corrected chi connectivity index (χ3v) is 2.95. The summed E-state index contributed by atoms with van der Waals surface area (Å²) in [5.41, 5.74) is 1.34. The number of ether oxygens (including phenoxy) is 1. The number of methoxy groups -OCH3 is 1. The molecule has 0 fully saturated rings. The lowest BCUT2D eigenvalue weighted by atomic mass is 10.1. The van der Waals surface area contributed by atoms with Crippen LogP contribution >= 0.6 is 0 Å². The van der Waals surface area contributed by atoms with E-state index in [9.17, 15) is 9.59 Å². The van der Waals surface area contributed by atoms with Crippen molar-refractivity contribution in [2.75, 3.05) is 7.11 Å². The normalized spacial score (nSPS) is 10.9. The second kappa shape index (κ2) is 3.73. The number of benzene rings is 1. The predicted molar refractivity (Wildman–Crippen MR) is 66.9 cm³/mol. The fourth-order valence-electron chi connectivity index (χ4n) is 2.13. The molecule has 90 valence electrons. The Morgan fingerprint density at radius 3 is 2.89 bits per heavy atom. The van der Waals surface area contributed by atoms with Crippen LogP contribution in [0, 0.1) is 0 Å². The van der Waals surface area contributed by atoms with Crippen molar-refractivity contribution in [1.29, 1.82) is 0 Å². The molecule has 0 saturated carbocycles. The number of esters is 1. The van der Waals surface area contributed by atoms with Crippen LogP contribution in [-0.2, 0) is 4.74 Å². The Hall–Kier alpha value is -2.56. The predicted octanol–water partition coefficient (Wildman–Crippen LogP) is 1.57. The zero-order valence-corrected chi connectivity index (χ0v) is 9.64. The highest BCUT2D eigenvalue weighted by molar-refractivity contribution is 6.06. The third kappa shape index (κ3) is 1.34. The van der Waals surface area contributed by atoms with E-state index in [4.69, 9.17) is 4.74 Å². The van der Waals surface area contributed by atoms with Crippen molar-refractivity contribution in [1.82, 2.24) is 9.38 Å². The monoisotopic (exact) mass is 242 g/mol. The minimum atomic E-state index is -0.466. The van der Waals surface area contributed by atoms with Crippen LogP contribution in [0.1, 0.15) is 10.4 Å². The van der Waals surface area contributed by atoms with Crippen LogP contribution in [0.4, 0.5) is 0 Å². The van der Waals surface area contributed by atoms with Gasteiger partial charge in [0, 0.05) is 11.6 Å². The zero-order valence-electron chi connectivity index (χ0n) is 9.64. The summed E-state index contributed by atoms with van der Waals surface area (Å²) in [4.78, 5) is 26.2. The second-order valence-corrected chi connectivity index (χ2v) is 3.91. The number of carbonyl (C=O) groups is 1. The van der Waals surface area contributed by atoms with E-state index >= 15 is 0 Å². The topological polar surface area (TPSA) is 63.6 Å². The molecule has 0 aliphatic carbocycles. The maximum Gasteiger partial charge on any atom is 0.339 e. The van der Waals surface area contributed by atoms with Crippen LogP contribution in [-0.4, -0.2) is 22.5 Å². The van der Waals surface area contributed by atoms with E-state index in [0.29, 0.717) is 11.1 Å². The zero-order chi connectivity index (χ0) is 12.7. The molecule has 2 aromatic heterocycles. The number of fused-ring (bicyclic) bond motifs is 3. The molecule has 18 heavy (non-hydrogen) atoms. The summed E-state index contributed by atoms with van der Waals surface area (Å²) in [6.07, 6.45) is 1.68. The molecule has 5 nitrogen and oxygen atoms in total. The summed E-state index contributed by atoms with van der Waals surface area (Å²) >= 11 is 0. The second-order valence-electron chi connectivity index (χ2n) is 3.91. The van der Waals surface area contributed by atoms with Crippen molar-refractivity contribution in [2.45, 2.75) is 0 Å². The van der Waals surface area contributed by atoms with Gasteiger partial charge >= 0.3 is 11.7 Å². The molecule has 0 unspecified atom stereocenters. The van der Waals surface area contributed by atoms with Crippen molar-refractivity contribution < 1.29 is 9.53 Å². The van der Waals surface area contributed by atoms with Crippen molar-refractivity contribution >= 4 is 22.4 Å². The molecule has 0 aliphatic heterocycles. The molecule has 5 heteroatoms. The molecule has 3 aromatic rings. The number of aromatic amines is 1. The fraction of sp³-hybridized carbons (Fsp3) is 0.0769. The van der Waals surface area contributed by atoms with Gasteiger partial charge in [-0.05, 0) is 18.2 Å². The van der Waals surface area contributed by atoms with Gasteiger partial charge < -0.3 is 9.72 Å². The highest BCUT2D eigenvalue weighted by Gasteiger charge is 2.13. The molecular weight excluding hydrogens is 232 g/mol. The first kappa shape index (κ1) is 10.6. The van der Waals surface area contributed by atoms with Gasteiger partial charge in [-0.25, -0.2) is 9.59 Å². The summed E-state index contributed by atoms with van der Waals surface area (Å²) in [6.45, 7) is 0. The van der Waals surface area contributed by atoms with Crippen molar-refractivity contribution in [3.8, 4) is 0 Å². The van der Waals surface area contributed by atoms with Crippen LogP contribution in [0.15, 0.2) is 41.3 Å². The Bertz CT molecular complexity index is 814. The smallest absolute Gasteiger partial charge is 0.339 e. The lowest BCUT2D eigenvalue weighted by molar-refractivity contribution is 0.0603. The van der Waals surface area contributed by atoms with E-state index in [2.05, 4.69) is 4.98 Å². The molecule has 1 aromatic carbocycles. The van der Waals surface area contributed by atoms with Crippen molar-refractivity contribution in [3.63, 3.8) is 0 Å². The first-order valence-electron chi connectivity index (χ1n) is 5.43. The number of carbonyl (C=O) groups excluding carboxylic acids is 1. The summed E-state index contributed by atoms with van der Waals surface area (Å²) in [7, 11) is 1.31. The first-order chi connectivity index (χ1) is 8.72. The summed E-state index contributed by atoms with van der Waals surface area (Å²) in [6, 6.07) is 8.87. The summed E-state index contributed by atoms with van der Waals surface area (Å²) < 4.78 is 6.21. The molecule has 2 heterocycles. The van der Waals surface area contributed by atoms with Gasteiger partial charge in [-0.2, -0.15) is 0 Å². The maximum atomic E-state index is 11.9. The molecule has 0 amide bonds. The van der Waals surface area contributed by atoms with E-state index in [1.807, 2.05) is 12.1 Å². The number of rotatable bonds is 1. The molecule has 0 atom stereocenters. The van der Waals surface area contributed by atoms with Gasteiger partial charge in [0.2, 0.25) is 0 Å². The molecule has 1 N–H and O–H groups in total. The van der Waals surface area contributed by atoms with Crippen molar-refractivity contribution in [2.24, 2.45) is 0 Å². The third-order valence-electron chi connectivity index (χ3n) is 2.95. The lowest BCUT2D eigenvalue weighted by Crippen LogP contribution is -2.16. The number of nitrogens with zero attached hydrogens (tertiary/aromatic N) is 1. The van der Waals surface area contributed by atoms with Gasteiger partial charge in [-0.3, -0.25) is 4.40 Å². The molecule has 0 saturated heterocycles.